The predicted molar refractivity (Wildman–Crippen MR) is 168 cm³/mol. The van der Waals surface area contributed by atoms with Gasteiger partial charge in [0.2, 0.25) is 17.7 Å². The van der Waals surface area contributed by atoms with E-state index in [1.165, 1.54) is 4.52 Å². The van der Waals surface area contributed by atoms with Crippen LogP contribution >= 0.6 is 0 Å². The third-order valence-electron chi connectivity index (χ3n) is 7.79. The first-order chi connectivity index (χ1) is 21.9. The van der Waals surface area contributed by atoms with Gasteiger partial charge in [0.05, 0.1) is 37.7 Å². The molecule has 0 saturated carbocycles. The summed E-state index contributed by atoms with van der Waals surface area (Å²) in [4.78, 5) is 27.5. The summed E-state index contributed by atoms with van der Waals surface area (Å²) in [5.41, 5.74) is 8.42. The molecule has 5 heterocycles. The molecule has 0 bridgehead atoms. The highest BCUT2D eigenvalue weighted by atomic mass is 16.5. The Balaban J connectivity index is 1.14. The number of hydrogen-bond donors (Lipinski definition) is 1. The molecule has 1 amide bonds. The first-order valence-corrected chi connectivity index (χ1v) is 15.2. The lowest BCUT2D eigenvalue weighted by Crippen LogP contribution is -2.51. The van der Waals surface area contributed by atoms with E-state index in [2.05, 4.69) is 51.0 Å². The van der Waals surface area contributed by atoms with Crippen molar-refractivity contribution in [1.82, 2.24) is 34.3 Å². The monoisotopic (exact) mass is 617 g/mol. The molecule has 4 aromatic heterocycles. The summed E-state index contributed by atoms with van der Waals surface area (Å²) < 4.78 is 24.8. The molecule has 6 rings (SSSR count). The van der Waals surface area contributed by atoms with E-state index < -0.39 is 6.04 Å². The first-order valence-electron chi connectivity index (χ1n) is 15.2. The number of furan rings is 1. The van der Waals surface area contributed by atoms with Gasteiger partial charge in [-0.25, -0.2) is 9.67 Å². The summed E-state index contributed by atoms with van der Waals surface area (Å²) in [6.07, 6.45) is 3.85. The SMILES string of the molecule is COCCOCCOc1ccc(N2CCN(C(=O)[C@@H](CC(C)C)n3ncc4c3nc(N)n3nc(-c5ccco5)nc43)CC2)cc1. The average Bonchev–Trinajstić information content (AvgIpc) is 3.82. The Morgan fingerprint density at radius 3 is 2.49 bits per heavy atom. The third-order valence-corrected chi connectivity index (χ3v) is 7.79. The van der Waals surface area contributed by atoms with Crippen LogP contribution in [0.3, 0.4) is 0 Å². The molecule has 1 fully saturated rings. The van der Waals surface area contributed by atoms with Gasteiger partial charge < -0.3 is 34.2 Å². The number of carbonyl (C=O) groups is 1. The molecule has 2 N–H and O–H groups in total. The van der Waals surface area contributed by atoms with Crippen LogP contribution in [0, 0.1) is 5.92 Å². The number of hydrogen-bond acceptors (Lipinski definition) is 11. The molecule has 1 atom stereocenters. The van der Waals surface area contributed by atoms with Crippen molar-refractivity contribution < 1.29 is 23.4 Å². The minimum absolute atomic E-state index is 0.0165. The molecule has 1 aromatic carbocycles. The summed E-state index contributed by atoms with van der Waals surface area (Å²) >= 11 is 0. The number of aromatic nitrogens is 6. The molecule has 14 nitrogen and oxygen atoms in total. The highest BCUT2D eigenvalue weighted by molar-refractivity contribution is 5.92. The van der Waals surface area contributed by atoms with Crippen LogP contribution < -0.4 is 15.4 Å². The number of benzene rings is 1. The van der Waals surface area contributed by atoms with Crippen molar-refractivity contribution in [2.75, 3.05) is 70.3 Å². The number of amides is 1. The molecular weight excluding hydrogens is 578 g/mol. The smallest absolute Gasteiger partial charge is 0.247 e. The van der Waals surface area contributed by atoms with Crippen LogP contribution in [0.25, 0.3) is 28.3 Å². The number of piperazine rings is 1. The number of rotatable bonds is 13. The van der Waals surface area contributed by atoms with E-state index in [0.29, 0.717) is 87.3 Å². The van der Waals surface area contributed by atoms with Crippen LogP contribution in [0.5, 0.6) is 5.75 Å². The second-order valence-electron chi connectivity index (χ2n) is 11.3. The van der Waals surface area contributed by atoms with Gasteiger partial charge in [0, 0.05) is 39.0 Å². The second-order valence-corrected chi connectivity index (χ2v) is 11.3. The molecule has 45 heavy (non-hydrogen) atoms. The number of anilines is 2. The Bertz CT molecular complexity index is 1710. The van der Waals surface area contributed by atoms with Gasteiger partial charge in [-0.1, -0.05) is 13.8 Å². The quantitative estimate of drug-likeness (QED) is 0.194. The van der Waals surface area contributed by atoms with Gasteiger partial charge in [-0.3, -0.25) is 4.79 Å². The lowest BCUT2D eigenvalue weighted by Gasteiger charge is -2.38. The number of nitrogen functional groups attached to an aromatic ring is 1. The van der Waals surface area contributed by atoms with Crippen LogP contribution in [-0.4, -0.2) is 99.9 Å². The molecule has 0 unspecified atom stereocenters. The molecule has 0 spiro atoms. The molecule has 0 aliphatic carbocycles. The Hall–Kier alpha value is -4.69. The van der Waals surface area contributed by atoms with Gasteiger partial charge in [0.25, 0.3) is 0 Å². The largest absolute Gasteiger partial charge is 0.491 e. The van der Waals surface area contributed by atoms with E-state index in [0.717, 1.165) is 11.4 Å². The summed E-state index contributed by atoms with van der Waals surface area (Å²) in [5, 5.41) is 9.78. The number of fused-ring (bicyclic) bond motifs is 3. The topological polar surface area (TPSA) is 151 Å². The maximum Gasteiger partial charge on any atom is 0.247 e. The summed E-state index contributed by atoms with van der Waals surface area (Å²) in [6.45, 7) is 8.93. The van der Waals surface area contributed by atoms with E-state index in [1.807, 2.05) is 17.0 Å². The maximum atomic E-state index is 14.1. The number of nitrogens with two attached hydrogens (primary N) is 1. The number of nitrogens with zero attached hydrogens (tertiary/aromatic N) is 8. The fourth-order valence-corrected chi connectivity index (χ4v) is 5.53. The molecule has 14 heteroatoms. The zero-order valence-corrected chi connectivity index (χ0v) is 25.8. The fraction of sp³-hybridized carbons (Fsp3) is 0.452. The van der Waals surface area contributed by atoms with Crippen molar-refractivity contribution in [3.8, 4) is 17.3 Å². The third kappa shape index (κ3) is 6.56. The highest BCUT2D eigenvalue weighted by Gasteiger charge is 2.32. The lowest BCUT2D eigenvalue weighted by molar-refractivity contribution is -0.135. The van der Waals surface area contributed by atoms with Gasteiger partial charge in [0.1, 0.15) is 18.4 Å². The van der Waals surface area contributed by atoms with E-state index >= 15 is 0 Å². The van der Waals surface area contributed by atoms with Crippen molar-refractivity contribution in [2.24, 2.45) is 5.92 Å². The predicted octanol–water partition coefficient (Wildman–Crippen LogP) is 3.29. The maximum absolute atomic E-state index is 14.1. The Labute approximate surface area is 260 Å². The Morgan fingerprint density at radius 2 is 1.78 bits per heavy atom. The lowest BCUT2D eigenvalue weighted by atomic mass is 10.0. The van der Waals surface area contributed by atoms with E-state index in [4.69, 9.17) is 24.4 Å². The second kappa shape index (κ2) is 13.5. The first kappa shape index (κ1) is 30.3. The molecule has 238 valence electrons. The molecule has 0 radical (unpaired) electrons. The molecule has 5 aromatic rings. The van der Waals surface area contributed by atoms with Gasteiger partial charge in [-0.05, 0) is 48.7 Å². The van der Waals surface area contributed by atoms with Gasteiger partial charge in [-0.15, -0.1) is 5.10 Å². The minimum Gasteiger partial charge on any atom is -0.491 e. The fourth-order valence-electron chi connectivity index (χ4n) is 5.53. The van der Waals surface area contributed by atoms with Gasteiger partial charge in [-0.2, -0.15) is 14.6 Å². The average molecular weight is 618 g/mol. The summed E-state index contributed by atoms with van der Waals surface area (Å²) in [5.74, 6) is 2.13. The van der Waals surface area contributed by atoms with Gasteiger partial charge >= 0.3 is 0 Å². The number of ether oxygens (including phenoxy) is 3. The number of carbonyl (C=O) groups excluding carboxylic acids is 1. The summed E-state index contributed by atoms with van der Waals surface area (Å²) in [6, 6.07) is 11.0. The Morgan fingerprint density at radius 1 is 1.00 bits per heavy atom. The normalized spacial score (nSPS) is 14.6. The standard InChI is InChI=1S/C31H39N9O5/c1-21(2)19-25(39-29-24(20-33-39)28-34-27(26-5-4-14-45-26)36-40(28)31(32)35-29)30(41)38-12-10-37(11-13-38)22-6-8-23(9-7-22)44-18-17-43-16-15-42-3/h4-9,14,20-21,25H,10-13,15-19H2,1-3H3,(H2,32,35)/t25-/m1/s1. The number of methoxy groups -OCH3 is 1. The van der Waals surface area contributed by atoms with Crippen molar-refractivity contribution in [2.45, 2.75) is 26.3 Å². The van der Waals surface area contributed by atoms with Crippen LogP contribution in [0.4, 0.5) is 11.6 Å². The molecule has 1 saturated heterocycles. The van der Waals surface area contributed by atoms with Crippen molar-refractivity contribution in [3.05, 3.63) is 48.9 Å². The van der Waals surface area contributed by atoms with E-state index in [9.17, 15) is 4.79 Å². The van der Waals surface area contributed by atoms with E-state index in [1.54, 1.807) is 36.4 Å². The van der Waals surface area contributed by atoms with Crippen LogP contribution in [0.15, 0.2) is 53.3 Å². The Kier molecular flexibility index (Phi) is 9.12. The van der Waals surface area contributed by atoms with Crippen LogP contribution in [0.2, 0.25) is 0 Å². The molecule has 1 aliphatic rings. The van der Waals surface area contributed by atoms with Crippen molar-refractivity contribution in [3.63, 3.8) is 0 Å². The van der Waals surface area contributed by atoms with E-state index in [-0.39, 0.29) is 17.8 Å². The molecule has 1 aliphatic heterocycles. The zero-order valence-electron chi connectivity index (χ0n) is 25.8. The van der Waals surface area contributed by atoms with Crippen LogP contribution in [0.1, 0.15) is 26.3 Å². The van der Waals surface area contributed by atoms with Gasteiger partial charge in [0.15, 0.2) is 17.1 Å². The highest BCUT2D eigenvalue weighted by Crippen LogP contribution is 2.29. The van der Waals surface area contributed by atoms with Crippen molar-refractivity contribution in [1.29, 1.82) is 0 Å². The van der Waals surface area contributed by atoms with Crippen LogP contribution in [-0.2, 0) is 14.3 Å². The minimum atomic E-state index is -0.536. The van der Waals surface area contributed by atoms with Crippen molar-refractivity contribution >= 4 is 34.2 Å². The zero-order chi connectivity index (χ0) is 31.3. The summed E-state index contributed by atoms with van der Waals surface area (Å²) in [7, 11) is 1.65. The molecular formula is C31H39N9O5.